The van der Waals surface area contributed by atoms with Gasteiger partial charge in [-0.15, -0.1) is 0 Å². The Morgan fingerprint density at radius 3 is 2.65 bits per heavy atom. The summed E-state index contributed by atoms with van der Waals surface area (Å²) in [4.78, 5) is 20.5. The lowest BCUT2D eigenvalue weighted by atomic mass is 10.1. The van der Waals surface area contributed by atoms with Crippen molar-refractivity contribution in [2.45, 2.75) is 6.42 Å². The van der Waals surface area contributed by atoms with Crippen molar-refractivity contribution in [2.24, 2.45) is 0 Å². The van der Waals surface area contributed by atoms with E-state index in [-0.39, 0.29) is 18.1 Å². The SMILES string of the molecule is C[NH+](C)CCN(C(=O)Cc1ccc(F)cc1)c1nc2ccc(Cl)cc2s1. The smallest absolute Gasteiger partial charge is 0.233 e. The van der Waals surface area contributed by atoms with Crippen molar-refractivity contribution in [3.63, 3.8) is 0 Å². The maximum absolute atomic E-state index is 13.1. The largest absolute Gasteiger partial charge is 0.338 e. The van der Waals surface area contributed by atoms with Crippen LogP contribution in [0.2, 0.25) is 5.02 Å². The molecule has 0 aliphatic carbocycles. The van der Waals surface area contributed by atoms with Crippen molar-refractivity contribution in [3.05, 3.63) is 58.9 Å². The molecule has 0 saturated heterocycles. The fraction of sp³-hybridized carbons (Fsp3) is 0.263. The third-order valence-electron chi connectivity index (χ3n) is 3.98. The van der Waals surface area contributed by atoms with E-state index in [1.54, 1.807) is 23.1 Å². The number of nitrogens with zero attached hydrogens (tertiary/aromatic N) is 2. The van der Waals surface area contributed by atoms with Crippen molar-refractivity contribution in [1.29, 1.82) is 0 Å². The van der Waals surface area contributed by atoms with E-state index >= 15 is 0 Å². The number of anilines is 1. The molecule has 7 heteroatoms. The zero-order chi connectivity index (χ0) is 18.7. The van der Waals surface area contributed by atoms with E-state index < -0.39 is 0 Å². The average Bonchev–Trinajstić information content (AvgIpc) is 2.99. The van der Waals surface area contributed by atoms with Gasteiger partial charge in [0, 0.05) is 5.02 Å². The Balaban J connectivity index is 1.87. The molecule has 1 heterocycles. The van der Waals surface area contributed by atoms with Crippen molar-refractivity contribution in [1.82, 2.24) is 4.98 Å². The Hall–Kier alpha value is -2.02. The van der Waals surface area contributed by atoms with Crippen LogP contribution in [0.4, 0.5) is 9.52 Å². The van der Waals surface area contributed by atoms with E-state index in [4.69, 9.17) is 11.6 Å². The van der Waals surface area contributed by atoms with E-state index in [1.165, 1.54) is 28.4 Å². The average molecular weight is 393 g/mol. The normalized spacial score (nSPS) is 11.3. The monoisotopic (exact) mass is 392 g/mol. The maximum atomic E-state index is 13.1. The second kappa shape index (κ2) is 8.12. The van der Waals surface area contributed by atoms with Gasteiger partial charge >= 0.3 is 0 Å². The van der Waals surface area contributed by atoms with Gasteiger partial charge in [0.25, 0.3) is 0 Å². The molecule has 0 fully saturated rings. The highest BCUT2D eigenvalue weighted by Crippen LogP contribution is 2.31. The Kier molecular flexibility index (Phi) is 5.86. The Bertz CT molecular complexity index is 911. The molecule has 136 valence electrons. The van der Waals surface area contributed by atoms with Gasteiger partial charge in [-0.05, 0) is 35.9 Å². The molecule has 3 aromatic rings. The zero-order valence-corrected chi connectivity index (χ0v) is 16.2. The molecule has 0 atom stereocenters. The lowest BCUT2D eigenvalue weighted by Crippen LogP contribution is -3.06. The van der Waals surface area contributed by atoms with Gasteiger partial charge in [0.1, 0.15) is 5.82 Å². The van der Waals surface area contributed by atoms with Crippen LogP contribution in [0.3, 0.4) is 0 Å². The number of nitrogens with one attached hydrogen (secondary N) is 1. The highest BCUT2D eigenvalue weighted by molar-refractivity contribution is 7.22. The van der Waals surface area contributed by atoms with Gasteiger partial charge in [0.05, 0.1) is 43.8 Å². The molecule has 0 bridgehead atoms. The summed E-state index contributed by atoms with van der Waals surface area (Å²) in [5.41, 5.74) is 1.61. The molecule has 2 aromatic carbocycles. The van der Waals surface area contributed by atoms with Crippen LogP contribution < -0.4 is 9.80 Å². The van der Waals surface area contributed by atoms with Gasteiger partial charge in [-0.25, -0.2) is 9.37 Å². The molecule has 4 nitrogen and oxygen atoms in total. The van der Waals surface area contributed by atoms with Crippen molar-refractivity contribution >= 4 is 44.2 Å². The number of benzene rings is 2. The van der Waals surface area contributed by atoms with Crippen molar-refractivity contribution in [3.8, 4) is 0 Å². The summed E-state index contributed by atoms with van der Waals surface area (Å²) >= 11 is 7.51. The van der Waals surface area contributed by atoms with Gasteiger partial charge in [-0.1, -0.05) is 35.1 Å². The number of carbonyl (C=O) groups excluding carboxylic acids is 1. The summed E-state index contributed by atoms with van der Waals surface area (Å²) < 4.78 is 14.0. The van der Waals surface area contributed by atoms with Crippen LogP contribution in [0, 0.1) is 5.82 Å². The number of quaternary nitrogens is 1. The third kappa shape index (κ3) is 4.58. The lowest BCUT2D eigenvalue weighted by Gasteiger charge is -2.20. The number of carbonyl (C=O) groups is 1. The molecule has 0 aliphatic rings. The minimum Gasteiger partial charge on any atom is -0.338 e. The summed E-state index contributed by atoms with van der Waals surface area (Å²) in [5.74, 6) is -0.361. The molecule has 0 aliphatic heterocycles. The minimum absolute atomic E-state index is 0.0528. The number of hydrogen-bond acceptors (Lipinski definition) is 3. The van der Waals surface area contributed by atoms with Crippen LogP contribution in [0.25, 0.3) is 10.2 Å². The van der Waals surface area contributed by atoms with Crippen LogP contribution in [0.15, 0.2) is 42.5 Å². The summed E-state index contributed by atoms with van der Waals surface area (Å²) in [6.07, 6.45) is 0.208. The maximum Gasteiger partial charge on any atom is 0.233 e. The quantitative estimate of drug-likeness (QED) is 0.700. The number of aromatic nitrogens is 1. The van der Waals surface area contributed by atoms with E-state index in [0.717, 1.165) is 22.3 Å². The molecule has 0 saturated carbocycles. The molecule has 1 N–H and O–H groups in total. The molecular weight excluding hydrogens is 373 g/mol. The third-order valence-corrected chi connectivity index (χ3v) is 5.25. The predicted octanol–water partition coefficient (Wildman–Crippen LogP) is 2.81. The first kappa shape index (κ1) is 18.8. The fourth-order valence-corrected chi connectivity index (χ4v) is 3.82. The number of rotatable bonds is 6. The number of hydrogen-bond donors (Lipinski definition) is 1. The van der Waals surface area contributed by atoms with Crippen LogP contribution in [0.1, 0.15) is 5.56 Å². The zero-order valence-electron chi connectivity index (χ0n) is 14.6. The number of thiazole rings is 1. The van der Waals surface area contributed by atoms with E-state index in [1.807, 2.05) is 26.2 Å². The first-order valence-corrected chi connectivity index (χ1v) is 9.52. The number of likely N-dealkylation sites (N-methyl/N-ethyl adjacent to an activating group) is 1. The molecule has 0 unspecified atom stereocenters. The molecule has 1 aromatic heterocycles. The second-order valence-corrected chi connectivity index (χ2v) is 7.86. The molecule has 1 amide bonds. The number of amides is 1. The van der Waals surface area contributed by atoms with Crippen molar-refractivity contribution in [2.75, 3.05) is 32.1 Å². The predicted molar refractivity (Wildman–Crippen MR) is 105 cm³/mol. The molecule has 0 spiro atoms. The van der Waals surface area contributed by atoms with Crippen molar-refractivity contribution < 1.29 is 14.1 Å². The van der Waals surface area contributed by atoms with E-state index in [2.05, 4.69) is 4.98 Å². The Labute approximate surface area is 160 Å². The van der Waals surface area contributed by atoms with E-state index in [9.17, 15) is 9.18 Å². The molecule has 26 heavy (non-hydrogen) atoms. The summed E-state index contributed by atoms with van der Waals surface area (Å²) in [6, 6.07) is 11.5. The van der Waals surface area contributed by atoms with Crippen LogP contribution in [-0.4, -0.2) is 38.1 Å². The Morgan fingerprint density at radius 1 is 1.23 bits per heavy atom. The van der Waals surface area contributed by atoms with Crippen LogP contribution in [0.5, 0.6) is 0 Å². The lowest BCUT2D eigenvalue weighted by molar-refractivity contribution is -0.856. The van der Waals surface area contributed by atoms with Gasteiger partial charge < -0.3 is 4.90 Å². The van der Waals surface area contributed by atoms with Gasteiger partial charge in [-0.3, -0.25) is 9.69 Å². The van der Waals surface area contributed by atoms with Crippen LogP contribution in [-0.2, 0) is 11.2 Å². The number of fused-ring (bicyclic) bond motifs is 1. The summed E-state index contributed by atoms with van der Waals surface area (Å²) in [5, 5.41) is 1.31. The fourth-order valence-electron chi connectivity index (χ4n) is 2.54. The first-order valence-electron chi connectivity index (χ1n) is 8.32. The standard InChI is InChI=1S/C19H19ClFN3OS/c1-23(2)9-10-24(18(25)11-13-3-6-15(21)7-4-13)19-22-16-8-5-14(20)12-17(16)26-19/h3-8,12H,9-11H2,1-2H3/p+1. The van der Waals surface area contributed by atoms with Gasteiger partial charge in [-0.2, -0.15) is 0 Å². The second-order valence-electron chi connectivity index (χ2n) is 6.41. The van der Waals surface area contributed by atoms with Gasteiger partial charge in [0.15, 0.2) is 5.13 Å². The Morgan fingerprint density at radius 2 is 1.96 bits per heavy atom. The molecule has 3 rings (SSSR count). The van der Waals surface area contributed by atoms with Crippen LogP contribution >= 0.6 is 22.9 Å². The summed E-state index contributed by atoms with van der Waals surface area (Å²) in [7, 11) is 4.08. The highest BCUT2D eigenvalue weighted by Gasteiger charge is 2.21. The van der Waals surface area contributed by atoms with Gasteiger partial charge in [0.2, 0.25) is 5.91 Å². The topological polar surface area (TPSA) is 37.6 Å². The molecular formula is C19H20ClFN3OS+. The summed E-state index contributed by atoms with van der Waals surface area (Å²) in [6.45, 7) is 1.36. The minimum atomic E-state index is -0.308. The van der Waals surface area contributed by atoms with E-state index in [0.29, 0.717) is 16.7 Å². The number of halogens is 2. The highest BCUT2D eigenvalue weighted by atomic mass is 35.5. The molecule has 0 radical (unpaired) electrons. The first-order chi connectivity index (χ1) is 12.4.